The molecular formula is C4H11N3O. The van der Waals surface area contributed by atoms with Crippen LogP contribution in [0.3, 0.4) is 0 Å². The van der Waals surface area contributed by atoms with E-state index in [0.717, 1.165) is 6.54 Å². The van der Waals surface area contributed by atoms with Gasteiger partial charge in [0.15, 0.2) is 0 Å². The van der Waals surface area contributed by atoms with Crippen LogP contribution in [0.25, 0.3) is 0 Å². The van der Waals surface area contributed by atoms with Gasteiger partial charge in [-0.25, -0.2) is 0 Å². The molecule has 0 spiro atoms. The van der Waals surface area contributed by atoms with Crippen LogP contribution >= 0.6 is 0 Å². The maximum atomic E-state index is 9.66. The van der Waals surface area contributed by atoms with Crippen molar-refractivity contribution in [3.63, 3.8) is 0 Å². The van der Waals surface area contributed by atoms with Gasteiger partial charge in [0, 0.05) is 13.6 Å². The number of nitroso groups, excluding NO2 is 1. The minimum absolute atomic E-state index is 0.667. The topological polar surface area (TPSA) is 44.7 Å². The second kappa shape index (κ2) is 4.52. The first-order valence-electron chi connectivity index (χ1n) is 2.50. The Labute approximate surface area is 48.8 Å². The summed E-state index contributed by atoms with van der Waals surface area (Å²) in [5, 5.41) is 6.91. The summed E-state index contributed by atoms with van der Waals surface area (Å²) in [5.74, 6) is 0. The summed E-state index contributed by atoms with van der Waals surface area (Å²) in [5.41, 5.74) is 0. The number of hydrogen-bond donors (Lipinski definition) is 1. The Hall–Kier alpha value is -0.640. The lowest BCUT2D eigenvalue weighted by Crippen LogP contribution is -2.22. The molecule has 0 aromatic carbocycles. The van der Waals surface area contributed by atoms with E-state index in [-0.39, 0.29) is 0 Å². The van der Waals surface area contributed by atoms with E-state index >= 15 is 0 Å². The van der Waals surface area contributed by atoms with Crippen LogP contribution in [-0.2, 0) is 0 Å². The molecular weight excluding hydrogens is 106 g/mol. The number of nitrogens with zero attached hydrogens (tertiary/aromatic N) is 2. The van der Waals surface area contributed by atoms with Crippen molar-refractivity contribution in [3.05, 3.63) is 4.91 Å². The van der Waals surface area contributed by atoms with Gasteiger partial charge in [0.1, 0.15) is 0 Å². The molecule has 0 aromatic rings. The Morgan fingerprint density at radius 3 is 2.75 bits per heavy atom. The lowest BCUT2D eigenvalue weighted by atomic mass is 10.6. The zero-order valence-corrected chi connectivity index (χ0v) is 5.22. The fraction of sp³-hybridized carbons (Fsp3) is 1.00. The van der Waals surface area contributed by atoms with Crippen LogP contribution in [0.4, 0.5) is 0 Å². The molecule has 8 heavy (non-hydrogen) atoms. The number of nitrogens with one attached hydrogen (secondary N) is 1. The molecule has 0 aromatic heterocycles. The molecule has 0 bridgehead atoms. The second-order valence-corrected chi connectivity index (χ2v) is 1.57. The van der Waals surface area contributed by atoms with Crippen LogP contribution < -0.4 is 5.32 Å². The van der Waals surface area contributed by atoms with Crippen molar-refractivity contribution < 1.29 is 0 Å². The van der Waals surface area contributed by atoms with Crippen molar-refractivity contribution in [3.8, 4) is 0 Å². The molecule has 1 N–H and O–H groups in total. The summed E-state index contributed by atoms with van der Waals surface area (Å²) in [7, 11) is 3.48. The van der Waals surface area contributed by atoms with Gasteiger partial charge in [-0.3, -0.25) is 5.01 Å². The number of rotatable bonds is 4. The SMILES string of the molecule is CNCCN(C)N=O. The highest BCUT2D eigenvalue weighted by molar-refractivity contribution is 4.43. The van der Waals surface area contributed by atoms with Crippen molar-refractivity contribution in [1.82, 2.24) is 10.3 Å². The third kappa shape index (κ3) is 3.55. The Bertz CT molecular complexity index is 66.3. The van der Waals surface area contributed by atoms with E-state index in [2.05, 4.69) is 10.6 Å². The second-order valence-electron chi connectivity index (χ2n) is 1.57. The van der Waals surface area contributed by atoms with Crippen molar-refractivity contribution >= 4 is 0 Å². The summed E-state index contributed by atoms with van der Waals surface area (Å²) in [6, 6.07) is 0. The maximum absolute atomic E-state index is 9.66. The normalized spacial score (nSPS) is 8.75. The van der Waals surface area contributed by atoms with Crippen molar-refractivity contribution in [2.24, 2.45) is 5.29 Å². The molecule has 0 saturated heterocycles. The van der Waals surface area contributed by atoms with Crippen molar-refractivity contribution in [2.75, 3.05) is 27.2 Å². The van der Waals surface area contributed by atoms with Gasteiger partial charge in [0.25, 0.3) is 0 Å². The average Bonchev–Trinajstić information content (AvgIpc) is 1.83. The van der Waals surface area contributed by atoms with Crippen LogP contribution in [0, 0.1) is 4.91 Å². The molecule has 48 valence electrons. The first-order valence-corrected chi connectivity index (χ1v) is 2.50. The van der Waals surface area contributed by atoms with E-state index < -0.39 is 0 Å². The molecule has 0 radical (unpaired) electrons. The highest BCUT2D eigenvalue weighted by atomic mass is 16.3. The average molecular weight is 117 g/mol. The predicted octanol–water partition coefficient (Wildman–Crippen LogP) is -0.181. The molecule has 0 aliphatic carbocycles. The molecule has 0 heterocycles. The summed E-state index contributed by atoms with van der Waals surface area (Å²) >= 11 is 0. The van der Waals surface area contributed by atoms with Gasteiger partial charge in [-0.1, -0.05) is 0 Å². The van der Waals surface area contributed by atoms with Crippen LogP contribution in [0.15, 0.2) is 5.29 Å². The van der Waals surface area contributed by atoms with Crippen LogP contribution in [-0.4, -0.2) is 32.2 Å². The zero-order valence-electron chi connectivity index (χ0n) is 5.22. The van der Waals surface area contributed by atoms with E-state index in [0.29, 0.717) is 6.54 Å². The highest BCUT2D eigenvalue weighted by Crippen LogP contribution is 1.76. The van der Waals surface area contributed by atoms with E-state index in [4.69, 9.17) is 0 Å². The summed E-state index contributed by atoms with van der Waals surface area (Å²) in [6.45, 7) is 1.46. The lowest BCUT2D eigenvalue weighted by molar-refractivity contribution is 0.350. The minimum Gasteiger partial charge on any atom is -0.318 e. The minimum atomic E-state index is 0.667. The Morgan fingerprint density at radius 1 is 1.75 bits per heavy atom. The molecule has 4 nitrogen and oxygen atoms in total. The molecule has 0 saturated carbocycles. The molecule has 0 unspecified atom stereocenters. The van der Waals surface area contributed by atoms with E-state index in [9.17, 15) is 4.91 Å². The van der Waals surface area contributed by atoms with Crippen LogP contribution in [0.2, 0.25) is 0 Å². The third-order valence-corrected chi connectivity index (χ3v) is 0.825. The standard InChI is InChI=1S/C4H11N3O/c1-5-3-4-7(2)6-8/h5H,3-4H2,1-2H3. The Morgan fingerprint density at radius 2 is 2.38 bits per heavy atom. The maximum Gasteiger partial charge on any atom is 0.0521 e. The van der Waals surface area contributed by atoms with Crippen LogP contribution in [0.1, 0.15) is 0 Å². The summed E-state index contributed by atoms with van der Waals surface area (Å²) in [4.78, 5) is 9.66. The smallest absolute Gasteiger partial charge is 0.0521 e. The quantitative estimate of drug-likeness (QED) is 0.410. The molecule has 4 heteroatoms. The van der Waals surface area contributed by atoms with Gasteiger partial charge in [0.05, 0.1) is 11.8 Å². The third-order valence-electron chi connectivity index (χ3n) is 0.825. The van der Waals surface area contributed by atoms with E-state index in [1.165, 1.54) is 5.01 Å². The molecule has 0 aliphatic rings. The summed E-state index contributed by atoms with van der Waals surface area (Å²) < 4.78 is 0. The van der Waals surface area contributed by atoms with Crippen LogP contribution in [0.5, 0.6) is 0 Å². The highest BCUT2D eigenvalue weighted by Gasteiger charge is 1.88. The van der Waals surface area contributed by atoms with Gasteiger partial charge in [-0.2, -0.15) is 0 Å². The van der Waals surface area contributed by atoms with Gasteiger partial charge in [0.2, 0.25) is 0 Å². The van der Waals surface area contributed by atoms with Crippen molar-refractivity contribution in [2.45, 2.75) is 0 Å². The molecule has 0 rings (SSSR count). The largest absolute Gasteiger partial charge is 0.318 e. The predicted molar refractivity (Wildman–Crippen MR) is 32.4 cm³/mol. The molecule has 0 atom stereocenters. The first kappa shape index (κ1) is 7.36. The zero-order chi connectivity index (χ0) is 6.41. The van der Waals surface area contributed by atoms with E-state index in [1.54, 1.807) is 7.05 Å². The molecule has 0 amide bonds. The van der Waals surface area contributed by atoms with Gasteiger partial charge >= 0.3 is 0 Å². The number of likely N-dealkylation sites (N-methyl/N-ethyl adjacent to an activating group) is 2. The van der Waals surface area contributed by atoms with E-state index in [1.807, 2.05) is 7.05 Å². The molecule has 0 aliphatic heterocycles. The van der Waals surface area contributed by atoms with Gasteiger partial charge in [-0.05, 0) is 7.05 Å². The van der Waals surface area contributed by atoms with Gasteiger partial charge < -0.3 is 5.32 Å². The summed E-state index contributed by atoms with van der Waals surface area (Å²) in [6.07, 6.45) is 0. The molecule has 0 fully saturated rings. The van der Waals surface area contributed by atoms with Crippen molar-refractivity contribution in [1.29, 1.82) is 0 Å². The Balaban J connectivity index is 2.98. The monoisotopic (exact) mass is 117 g/mol. The fourth-order valence-electron chi connectivity index (χ4n) is 0.314. The number of hydrogen-bond acceptors (Lipinski definition) is 3. The first-order chi connectivity index (χ1) is 3.81. The van der Waals surface area contributed by atoms with Gasteiger partial charge in [-0.15, -0.1) is 4.91 Å². The Kier molecular flexibility index (Phi) is 4.16. The lowest BCUT2D eigenvalue weighted by Gasteiger charge is -2.05. The fourth-order valence-corrected chi connectivity index (χ4v) is 0.314.